The molecule has 4 nitrogen and oxygen atoms in total. The van der Waals surface area contributed by atoms with E-state index in [0.29, 0.717) is 31.1 Å². The molecule has 0 saturated heterocycles. The number of allylic oxidation sites excluding steroid dienone is 3. The molecule has 1 aromatic rings. The summed E-state index contributed by atoms with van der Waals surface area (Å²) in [6, 6.07) is 7.38. The molecule has 0 atom stereocenters. The van der Waals surface area contributed by atoms with Crippen molar-refractivity contribution in [1.29, 1.82) is 5.41 Å². The lowest BCUT2D eigenvalue weighted by Gasteiger charge is -2.14. The number of para-hydroxylation sites is 1. The molecule has 0 bridgehead atoms. The van der Waals surface area contributed by atoms with Crippen LogP contribution in [-0.2, 0) is 4.74 Å². The Labute approximate surface area is 144 Å². The summed E-state index contributed by atoms with van der Waals surface area (Å²) in [6.07, 6.45) is 7.38. The smallest absolute Gasteiger partial charge is 0.217 e. The van der Waals surface area contributed by atoms with Crippen LogP contribution in [0.15, 0.2) is 73.0 Å². The SMILES string of the molecule is C=C/C(=C\C)COc1ccccc1C(=N)OCCN/C(C=C)=C/C. The van der Waals surface area contributed by atoms with Crippen molar-refractivity contribution >= 4 is 5.90 Å². The molecule has 0 fully saturated rings. The summed E-state index contributed by atoms with van der Waals surface area (Å²) in [5.74, 6) is 0.713. The van der Waals surface area contributed by atoms with Crippen LogP contribution >= 0.6 is 0 Å². The number of hydrogen-bond donors (Lipinski definition) is 2. The van der Waals surface area contributed by atoms with Crippen LogP contribution in [0.2, 0.25) is 0 Å². The Morgan fingerprint density at radius 1 is 1.17 bits per heavy atom. The number of hydrogen-bond acceptors (Lipinski definition) is 4. The molecule has 0 aliphatic rings. The predicted molar refractivity (Wildman–Crippen MR) is 101 cm³/mol. The Kier molecular flexibility index (Phi) is 8.76. The molecule has 0 heterocycles. The molecule has 0 spiro atoms. The average molecular weight is 326 g/mol. The predicted octanol–water partition coefficient (Wildman–Crippen LogP) is 4.22. The summed E-state index contributed by atoms with van der Waals surface area (Å²) in [5.41, 5.74) is 2.56. The van der Waals surface area contributed by atoms with Crippen LogP contribution in [-0.4, -0.2) is 25.7 Å². The van der Waals surface area contributed by atoms with E-state index >= 15 is 0 Å². The number of ether oxygens (including phenoxy) is 2. The van der Waals surface area contributed by atoms with Gasteiger partial charge in [0.1, 0.15) is 19.0 Å². The molecule has 0 unspecified atom stereocenters. The molecule has 0 radical (unpaired) electrons. The largest absolute Gasteiger partial charge is 0.488 e. The van der Waals surface area contributed by atoms with Crippen LogP contribution < -0.4 is 10.1 Å². The Hall–Kier alpha value is -2.75. The molecule has 128 valence electrons. The van der Waals surface area contributed by atoms with Crippen molar-refractivity contribution in [2.75, 3.05) is 19.8 Å². The number of nitrogens with one attached hydrogen (secondary N) is 2. The first kappa shape index (κ1) is 19.3. The zero-order valence-corrected chi connectivity index (χ0v) is 14.5. The number of rotatable bonds is 10. The topological polar surface area (TPSA) is 54.3 Å². The van der Waals surface area contributed by atoms with E-state index in [0.717, 1.165) is 11.3 Å². The van der Waals surface area contributed by atoms with E-state index in [4.69, 9.17) is 14.9 Å². The fourth-order valence-electron chi connectivity index (χ4n) is 1.92. The normalized spacial score (nSPS) is 11.6. The minimum absolute atomic E-state index is 0.0914. The van der Waals surface area contributed by atoms with E-state index in [1.54, 1.807) is 12.2 Å². The van der Waals surface area contributed by atoms with Crippen LogP contribution in [0.25, 0.3) is 0 Å². The molecule has 1 rings (SSSR count). The van der Waals surface area contributed by atoms with E-state index < -0.39 is 0 Å². The third kappa shape index (κ3) is 6.16. The van der Waals surface area contributed by atoms with Gasteiger partial charge in [0.2, 0.25) is 5.90 Å². The van der Waals surface area contributed by atoms with Crippen molar-refractivity contribution in [3.63, 3.8) is 0 Å². The first-order valence-electron chi connectivity index (χ1n) is 7.90. The van der Waals surface area contributed by atoms with Crippen molar-refractivity contribution in [2.24, 2.45) is 0 Å². The van der Waals surface area contributed by atoms with Crippen LogP contribution in [0.5, 0.6) is 5.75 Å². The molecule has 1 aromatic carbocycles. The van der Waals surface area contributed by atoms with E-state index in [1.807, 2.05) is 50.3 Å². The monoisotopic (exact) mass is 326 g/mol. The Morgan fingerprint density at radius 2 is 1.92 bits per heavy atom. The Bertz CT molecular complexity index is 630. The minimum atomic E-state index is 0.0914. The molecule has 0 aromatic heterocycles. The Morgan fingerprint density at radius 3 is 2.54 bits per heavy atom. The van der Waals surface area contributed by atoms with Gasteiger partial charge >= 0.3 is 0 Å². The van der Waals surface area contributed by atoms with Gasteiger partial charge in [0.05, 0.1) is 5.56 Å². The highest BCUT2D eigenvalue weighted by Crippen LogP contribution is 2.19. The molecule has 0 aliphatic heterocycles. The number of benzene rings is 1. The minimum Gasteiger partial charge on any atom is -0.488 e. The molecule has 24 heavy (non-hydrogen) atoms. The van der Waals surface area contributed by atoms with Crippen LogP contribution in [0.4, 0.5) is 0 Å². The van der Waals surface area contributed by atoms with Gasteiger partial charge in [-0.15, -0.1) is 0 Å². The van der Waals surface area contributed by atoms with Crippen molar-refractivity contribution in [3.8, 4) is 5.75 Å². The third-order valence-electron chi connectivity index (χ3n) is 3.37. The molecular formula is C20H26N2O2. The quantitative estimate of drug-likeness (QED) is 0.293. The molecule has 0 saturated carbocycles. The Balaban J connectivity index is 2.61. The second-order valence-corrected chi connectivity index (χ2v) is 4.91. The van der Waals surface area contributed by atoms with Gasteiger partial charge in [0, 0.05) is 12.2 Å². The molecular weight excluding hydrogens is 300 g/mol. The maximum atomic E-state index is 8.12. The molecule has 0 amide bonds. The zero-order chi connectivity index (χ0) is 17.8. The highest BCUT2D eigenvalue weighted by molar-refractivity contribution is 5.94. The van der Waals surface area contributed by atoms with Gasteiger partial charge in [-0.25, -0.2) is 0 Å². The fourth-order valence-corrected chi connectivity index (χ4v) is 1.92. The van der Waals surface area contributed by atoms with Crippen LogP contribution in [0.3, 0.4) is 0 Å². The second kappa shape index (κ2) is 10.9. The summed E-state index contributed by atoms with van der Waals surface area (Å²) >= 11 is 0. The molecule has 0 aliphatic carbocycles. The van der Waals surface area contributed by atoms with E-state index in [1.165, 1.54) is 0 Å². The standard InChI is InChI=1S/C20H26N2O2/c1-5-16(6-2)15-24-19-12-10-9-11-18(19)20(21)23-14-13-22-17(7-3)8-4/h5-12,21-22H,1,3,13-15H2,2,4H3/b16-6+,17-8+,21-20?. The molecule has 2 N–H and O–H groups in total. The maximum Gasteiger partial charge on any atom is 0.217 e. The van der Waals surface area contributed by atoms with Crippen molar-refractivity contribution in [2.45, 2.75) is 13.8 Å². The van der Waals surface area contributed by atoms with Gasteiger partial charge in [0.25, 0.3) is 0 Å². The first-order valence-corrected chi connectivity index (χ1v) is 7.90. The van der Waals surface area contributed by atoms with E-state index in [9.17, 15) is 0 Å². The van der Waals surface area contributed by atoms with Gasteiger partial charge in [-0.05, 0) is 37.6 Å². The summed E-state index contributed by atoms with van der Waals surface area (Å²) in [5, 5.41) is 11.3. The summed E-state index contributed by atoms with van der Waals surface area (Å²) < 4.78 is 11.3. The first-order chi connectivity index (χ1) is 11.7. The van der Waals surface area contributed by atoms with Crippen LogP contribution in [0, 0.1) is 5.41 Å². The maximum absolute atomic E-state index is 8.12. The van der Waals surface area contributed by atoms with Gasteiger partial charge in [-0.3, -0.25) is 5.41 Å². The van der Waals surface area contributed by atoms with Gasteiger partial charge in [0.15, 0.2) is 0 Å². The lowest BCUT2D eigenvalue weighted by atomic mass is 10.2. The van der Waals surface area contributed by atoms with E-state index in [2.05, 4.69) is 18.5 Å². The van der Waals surface area contributed by atoms with E-state index in [-0.39, 0.29) is 5.90 Å². The fraction of sp³-hybridized carbons (Fsp3) is 0.250. The van der Waals surface area contributed by atoms with Gasteiger partial charge in [-0.2, -0.15) is 0 Å². The zero-order valence-electron chi connectivity index (χ0n) is 14.5. The summed E-state index contributed by atoms with van der Waals surface area (Å²) in [7, 11) is 0. The van der Waals surface area contributed by atoms with Gasteiger partial charge < -0.3 is 14.8 Å². The third-order valence-corrected chi connectivity index (χ3v) is 3.37. The van der Waals surface area contributed by atoms with Crippen molar-refractivity contribution < 1.29 is 9.47 Å². The van der Waals surface area contributed by atoms with Gasteiger partial charge in [-0.1, -0.05) is 43.5 Å². The lowest BCUT2D eigenvalue weighted by Crippen LogP contribution is -2.20. The van der Waals surface area contributed by atoms with Crippen molar-refractivity contribution in [1.82, 2.24) is 5.32 Å². The molecule has 4 heteroatoms. The lowest BCUT2D eigenvalue weighted by molar-refractivity contribution is 0.301. The highest BCUT2D eigenvalue weighted by Gasteiger charge is 2.10. The average Bonchev–Trinajstić information content (AvgIpc) is 2.63. The summed E-state index contributed by atoms with van der Waals surface area (Å²) in [4.78, 5) is 0. The van der Waals surface area contributed by atoms with Crippen LogP contribution in [0.1, 0.15) is 19.4 Å². The summed E-state index contributed by atoms with van der Waals surface area (Å²) in [6.45, 7) is 12.7. The second-order valence-electron chi connectivity index (χ2n) is 4.91. The van der Waals surface area contributed by atoms with Crippen molar-refractivity contribution in [3.05, 3.63) is 78.6 Å². The highest BCUT2D eigenvalue weighted by atomic mass is 16.5.